The lowest BCUT2D eigenvalue weighted by Crippen LogP contribution is -2.54. The number of ether oxygens (including phenoxy) is 5. The SMILES string of the molecule is CC[C@@H]([C@@H](O[Si](CC)(CC)C(C)C)[C@H](C)C/C(C)=C/C=C/[C@H](OC)[C@@H]1OC(C)(C)OC[C@@H]1C)[C@H](O[Si](CC)(CC)C(C)C)[C@H](C)/C=C(C)/C=C(\OC)C(=O)OC. The van der Waals surface area contributed by atoms with Crippen LogP contribution >= 0.6 is 0 Å². The number of esters is 1. The van der Waals surface area contributed by atoms with E-state index < -0.39 is 28.4 Å². The van der Waals surface area contributed by atoms with Gasteiger partial charge in [-0.15, -0.1) is 0 Å². The van der Waals surface area contributed by atoms with Crippen LogP contribution in [0.1, 0.15) is 124 Å². The van der Waals surface area contributed by atoms with E-state index in [1.54, 1.807) is 13.2 Å². The number of hydrogen-bond acceptors (Lipinski definition) is 8. The van der Waals surface area contributed by atoms with Crippen molar-refractivity contribution in [1.82, 2.24) is 0 Å². The molecule has 0 saturated carbocycles. The maximum absolute atomic E-state index is 12.4. The van der Waals surface area contributed by atoms with E-state index in [1.807, 2.05) is 20.8 Å². The van der Waals surface area contributed by atoms with Crippen LogP contribution in [0.3, 0.4) is 0 Å². The van der Waals surface area contributed by atoms with Crippen LogP contribution in [0.4, 0.5) is 0 Å². The Balaban J connectivity index is 3.83. The van der Waals surface area contributed by atoms with Gasteiger partial charge in [0.05, 0.1) is 39.1 Å². The maximum atomic E-state index is 12.4. The van der Waals surface area contributed by atoms with E-state index in [0.717, 1.165) is 42.6 Å². The van der Waals surface area contributed by atoms with Crippen LogP contribution in [0.5, 0.6) is 0 Å². The molecule has 1 saturated heterocycles. The van der Waals surface area contributed by atoms with Gasteiger partial charge in [0.15, 0.2) is 22.4 Å². The van der Waals surface area contributed by atoms with Gasteiger partial charge < -0.3 is 32.5 Å². The normalized spacial score (nSPS) is 22.3. The smallest absolute Gasteiger partial charge is 0.373 e. The van der Waals surface area contributed by atoms with Gasteiger partial charge in [-0.2, -0.15) is 0 Å². The summed E-state index contributed by atoms with van der Waals surface area (Å²) in [6.07, 6.45) is 12.0. The molecule has 0 aromatic rings. The molecular weight excluding hydrogens is 737 g/mol. The maximum Gasteiger partial charge on any atom is 0.373 e. The average Bonchev–Trinajstić information content (AvgIpc) is 3.15. The summed E-state index contributed by atoms with van der Waals surface area (Å²) in [7, 11) is 0.357. The highest BCUT2D eigenvalue weighted by Gasteiger charge is 2.46. The summed E-state index contributed by atoms with van der Waals surface area (Å²) in [6, 6.07) is 4.27. The van der Waals surface area contributed by atoms with Crippen molar-refractivity contribution in [3.05, 3.63) is 47.3 Å². The molecule has 1 rings (SSSR count). The molecule has 8 nitrogen and oxygen atoms in total. The molecule has 0 aromatic carbocycles. The van der Waals surface area contributed by atoms with Crippen LogP contribution in [-0.4, -0.2) is 80.7 Å². The fourth-order valence-corrected chi connectivity index (χ4v) is 16.2. The first-order valence-corrected chi connectivity index (χ1v) is 26.6. The van der Waals surface area contributed by atoms with Gasteiger partial charge in [-0.05, 0) is 93.7 Å². The summed E-state index contributed by atoms with van der Waals surface area (Å²) < 4.78 is 44.0. The molecule has 1 heterocycles. The highest BCUT2D eigenvalue weighted by molar-refractivity contribution is 6.75. The van der Waals surface area contributed by atoms with Crippen LogP contribution in [0.15, 0.2) is 47.3 Å². The summed E-state index contributed by atoms with van der Waals surface area (Å²) in [5.41, 5.74) is 3.19. The first-order chi connectivity index (χ1) is 26.2. The predicted octanol–water partition coefficient (Wildman–Crippen LogP) is 12.2. The van der Waals surface area contributed by atoms with Crippen LogP contribution in [0.25, 0.3) is 0 Å². The molecule has 0 amide bonds. The first kappa shape index (κ1) is 52.5. The molecule has 1 fully saturated rings. The third-order valence-corrected chi connectivity index (χ3v) is 23.2. The average molecular weight is 823 g/mol. The van der Waals surface area contributed by atoms with E-state index in [1.165, 1.54) is 19.8 Å². The van der Waals surface area contributed by atoms with Crippen molar-refractivity contribution in [2.45, 2.75) is 189 Å². The number of carbonyl (C=O) groups excluding carboxylic acids is 1. The van der Waals surface area contributed by atoms with Crippen molar-refractivity contribution >= 4 is 22.6 Å². The van der Waals surface area contributed by atoms with Crippen molar-refractivity contribution < 1.29 is 37.3 Å². The van der Waals surface area contributed by atoms with Crippen LogP contribution in [-0.2, 0) is 37.3 Å². The molecule has 0 bridgehead atoms. The third-order valence-electron chi connectivity index (χ3n) is 12.7. The molecule has 0 unspecified atom stereocenters. The number of carbonyl (C=O) groups is 1. The largest absolute Gasteiger partial charge is 0.490 e. The molecular formula is C46H86O8Si2. The van der Waals surface area contributed by atoms with E-state index >= 15 is 0 Å². The predicted molar refractivity (Wildman–Crippen MR) is 239 cm³/mol. The standard InChI is InChI=1S/C46H86O8Si2/c1-20-39(43(54-56(23-4,24-5)33(8)9)37(13)29-35(11)30-41(49-18)45(47)50-19)42(53-55(21-2,22-3)32(6)7)36(12)28-34(10)26-25-27-40(48-17)44-38(14)31-51-46(15,16)52-44/h25-27,29-30,32-33,36-40,42-44H,20-24,28,31H2,1-19H3/b27-25+,34-26+,35-29+,41-30-/t36-,37-,38+,39+,40+,42+,43-,44-/m1/s1. The Morgan fingerprint density at radius 1 is 0.839 bits per heavy atom. The molecule has 10 heteroatoms. The third kappa shape index (κ3) is 14.6. The van der Waals surface area contributed by atoms with E-state index in [0.29, 0.717) is 17.7 Å². The Hall–Kier alpha value is -1.54. The lowest BCUT2D eigenvalue weighted by atomic mass is 9.79. The van der Waals surface area contributed by atoms with Crippen molar-refractivity contribution in [1.29, 1.82) is 0 Å². The molecule has 0 aliphatic carbocycles. The minimum Gasteiger partial charge on any atom is -0.490 e. The summed E-state index contributed by atoms with van der Waals surface area (Å²) in [4.78, 5) is 12.4. The first-order valence-electron chi connectivity index (χ1n) is 21.8. The van der Waals surface area contributed by atoms with Crippen molar-refractivity contribution in [3.8, 4) is 0 Å². The summed E-state index contributed by atoms with van der Waals surface area (Å²) >= 11 is 0. The van der Waals surface area contributed by atoms with Crippen LogP contribution in [0.2, 0.25) is 35.3 Å². The molecule has 8 atom stereocenters. The molecule has 0 aromatic heterocycles. The molecule has 0 spiro atoms. The summed E-state index contributed by atoms with van der Waals surface area (Å²) in [5, 5.41) is 0. The molecule has 1 aliphatic rings. The van der Waals surface area contributed by atoms with Gasteiger partial charge in [0.1, 0.15) is 6.10 Å². The number of allylic oxidation sites excluding steroid dienone is 5. The Morgan fingerprint density at radius 3 is 1.82 bits per heavy atom. The molecule has 56 heavy (non-hydrogen) atoms. The minimum atomic E-state index is -2.15. The van der Waals surface area contributed by atoms with Crippen LogP contribution in [0, 0.1) is 23.7 Å². The van der Waals surface area contributed by atoms with Gasteiger partial charge in [-0.1, -0.05) is 119 Å². The number of hydrogen-bond donors (Lipinski definition) is 0. The Labute approximate surface area is 346 Å². The zero-order chi connectivity index (χ0) is 43.0. The van der Waals surface area contributed by atoms with Gasteiger partial charge in [-0.25, -0.2) is 4.79 Å². The summed E-state index contributed by atoms with van der Waals surface area (Å²) in [5.74, 6) is -0.270. The van der Waals surface area contributed by atoms with Gasteiger partial charge in [0.2, 0.25) is 5.76 Å². The number of methoxy groups -OCH3 is 3. The number of rotatable bonds is 25. The van der Waals surface area contributed by atoms with Gasteiger partial charge >= 0.3 is 5.97 Å². The minimum absolute atomic E-state index is 0.000572. The van der Waals surface area contributed by atoms with Crippen molar-refractivity contribution in [2.24, 2.45) is 23.7 Å². The zero-order valence-electron chi connectivity index (χ0n) is 39.4. The molecule has 0 radical (unpaired) electrons. The van der Waals surface area contributed by atoms with Gasteiger partial charge in [-0.3, -0.25) is 0 Å². The van der Waals surface area contributed by atoms with Crippen molar-refractivity contribution in [3.63, 3.8) is 0 Å². The quantitative estimate of drug-likeness (QED) is 0.0296. The second-order valence-electron chi connectivity index (χ2n) is 17.6. The Bertz CT molecular complexity index is 1280. The van der Waals surface area contributed by atoms with Gasteiger partial charge in [0.25, 0.3) is 0 Å². The highest BCUT2D eigenvalue weighted by Crippen LogP contribution is 2.42. The lowest BCUT2D eigenvalue weighted by molar-refractivity contribution is -0.303. The van der Waals surface area contributed by atoms with E-state index in [-0.39, 0.29) is 53.8 Å². The highest BCUT2D eigenvalue weighted by atomic mass is 28.4. The fourth-order valence-electron chi connectivity index (χ4n) is 8.85. The molecule has 1 aliphatic heterocycles. The molecule has 326 valence electrons. The van der Waals surface area contributed by atoms with E-state index in [2.05, 4.69) is 114 Å². The lowest BCUT2D eigenvalue weighted by Gasteiger charge is -2.48. The zero-order valence-corrected chi connectivity index (χ0v) is 41.4. The fraction of sp³-hybridized carbons (Fsp3) is 0.804. The van der Waals surface area contributed by atoms with E-state index in [4.69, 9.17) is 32.5 Å². The second-order valence-corrected chi connectivity index (χ2v) is 27.5. The Kier molecular flexibility index (Phi) is 23.0. The topological polar surface area (TPSA) is 81.7 Å². The van der Waals surface area contributed by atoms with Crippen molar-refractivity contribution in [2.75, 3.05) is 27.9 Å². The van der Waals surface area contributed by atoms with Gasteiger partial charge in [0, 0.05) is 18.9 Å². The second kappa shape index (κ2) is 24.5. The van der Waals surface area contributed by atoms with E-state index in [9.17, 15) is 4.79 Å². The van der Waals surface area contributed by atoms with Crippen LogP contribution < -0.4 is 0 Å². The summed E-state index contributed by atoms with van der Waals surface area (Å²) in [6.45, 7) is 36.7. The molecule has 0 N–H and O–H groups in total. The Morgan fingerprint density at radius 2 is 1.38 bits per heavy atom. The monoisotopic (exact) mass is 823 g/mol.